The number of benzene rings is 1. The van der Waals surface area contributed by atoms with Gasteiger partial charge >= 0.3 is 11.7 Å². The summed E-state index contributed by atoms with van der Waals surface area (Å²) in [7, 11) is 1.22. The van der Waals surface area contributed by atoms with Crippen LogP contribution in [0, 0.1) is 15.9 Å². The second-order valence-electron chi connectivity index (χ2n) is 3.21. The Labute approximate surface area is 91.0 Å². The maximum absolute atomic E-state index is 13.2. The highest BCUT2D eigenvalue weighted by Gasteiger charge is 2.20. The molecule has 0 N–H and O–H groups in total. The fraction of sp³-hybridized carbons (Fsp3) is 0.300. The quantitative estimate of drug-likeness (QED) is 0.450. The summed E-state index contributed by atoms with van der Waals surface area (Å²) in [5.41, 5.74) is -0.268. The van der Waals surface area contributed by atoms with Crippen molar-refractivity contribution in [3.8, 4) is 0 Å². The Hall–Kier alpha value is -1.98. The third-order valence-electron chi connectivity index (χ3n) is 2.22. The van der Waals surface area contributed by atoms with Crippen LogP contribution in [0.25, 0.3) is 0 Å². The first-order valence-corrected chi connectivity index (χ1v) is 4.49. The Bertz CT molecular complexity index is 433. The predicted octanol–water partition coefficient (Wildman–Crippen LogP) is 2.01. The molecule has 16 heavy (non-hydrogen) atoms. The van der Waals surface area contributed by atoms with Crippen LogP contribution < -0.4 is 0 Å². The average molecular weight is 227 g/mol. The van der Waals surface area contributed by atoms with Crippen LogP contribution in [0.15, 0.2) is 18.2 Å². The lowest BCUT2D eigenvalue weighted by molar-refractivity contribution is -0.387. The van der Waals surface area contributed by atoms with Gasteiger partial charge in [0.05, 0.1) is 18.0 Å². The average Bonchev–Trinajstić information content (AvgIpc) is 2.26. The summed E-state index contributed by atoms with van der Waals surface area (Å²) < 4.78 is 17.7. The number of ether oxygens (including phenoxy) is 1. The first-order valence-electron chi connectivity index (χ1n) is 4.49. The second kappa shape index (κ2) is 4.69. The molecule has 0 saturated heterocycles. The van der Waals surface area contributed by atoms with Crippen LogP contribution in [0.2, 0.25) is 0 Å². The predicted molar refractivity (Wildman–Crippen MR) is 53.5 cm³/mol. The lowest BCUT2D eigenvalue weighted by Gasteiger charge is -2.08. The van der Waals surface area contributed by atoms with Crippen LogP contribution >= 0.6 is 0 Å². The molecular formula is C10H10FNO4. The topological polar surface area (TPSA) is 69.4 Å². The fourth-order valence-corrected chi connectivity index (χ4v) is 1.25. The number of nitrogens with zero attached hydrogens (tertiary/aromatic N) is 1. The van der Waals surface area contributed by atoms with E-state index in [1.165, 1.54) is 20.1 Å². The minimum Gasteiger partial charge on any atom is -0.469 e. The van der Waals surface area contributed by atoms with Crippen LogP contribution in [-0.4, -0.2) is 18.0 Å². The molecule has 5 nitrogen and oxygen atoms in total. The van der Waals surface area contributed by atoms with Crippen molar-refractivity contribution in [2.45, 2.75) is 12.8 Å². The van der Waals surface area contributed by atoms with Gasteiger partial charge in [-0.15, -0.1) is 0 Å². The molecule has 0 fully saturated rings. The van der Waals surface area contributed by atoms with Crippen molar-refractivity contribution >= 4 is 11.7 Å². The van der Waals surface area contributed by atoms with E-state index < -0.39 is 28.3 Å². The number of carbonyl (C=O) groups is 1. The van der Waals surface area contributed by atoms with Crippen LogP contribution in [0.4, 0.5) is 10.1 Å². The van der Waals surface area contributed by atoms with E-state index in [0.717, 1.165) is 12.1 Å². The molecule has 1 atom stereocenters. The molecule has 0 radical (unpaired) electrons. The number of hydrogen-bond acceptors (Lipinski definition) is 4. The third-order valence-corrected chi connectivity index (χ3v) is 2.22. The van der Waals surface area contributed by atoms with Crippen LogP contribution in [-0.2, 0) is 9.53 Å². The molecule has 1 rings (SSSR count). The molecular weight excluding hydrogens is 217 g/mol. The molecule has 0 heterocycles. The number of esters is 1. The smallest absolute Gasteiger partial charge is 0.312 e. The molecule has 0 aromatic heterocycles. The van der Waals surface area contributed by atoms with E-state index in [2.05, 4.69) is 4.74 Å². The molecule has 1 aromatic rings. The lowest BCUT2D eigenvalue weighted by Crippen LogP contribution is -2.11. The van der Waals surface area contributed by atoms with E-state index in [0.29, 0.717) is 5.56 Å². The minimum absolute atomic E-state index is 0.343. The first kappa shape index (κ1) is 12.1. The zero-order chi connectivity index (χ0) is 12.3. The largest absolute Gasteiger partial charge is 0.469 e. The number of rotatable bonds is 3. The summed E-state index contributed by atoms with van der Waals surface area (Å²) in [6.45, 7) is 1.53. The highest BCUT2D eigenvalue weighted by atomic mass is 19.1. The van der Waals surface area contributed by atoms with Gasteiger partial charge < -0.3 is 4.74 Å². The van der Waals surface area contributed by atoms with E-state index >= 15 is 0 Å². The van der Waals surface area contributed by atoms with E-state index in [-0.39, 0.29) is 0 Å². The first-order chi connectivity index (χ1) is 7.47. The van der Waals surface area contributed by atoms with Crippen molar-refractivity contribution in [1.29, 1.82) is 0 Å². The van der Waals surface area contributed by atoms with Gasteiger partial charge in [-0.05, 0) is 18.6 Å². The Morgan fingerprint density at radius 2 is 2.19 bits per heavy atom. The lowest BCUT2D eigenvalue weighted by atomic mass is 10.0. The number of nitro benzene ring substituents is 1. The zero-order valence-electron chi connectivity index (χ0n) is 8.77. The van der Waals surface area contributed by atoms with Crippen molar-refractivity contribution in [1.82, 2.24) is 0 Å². The molecule has 0 aliphatic rings. The maximum Gasteiger partial charge on any atom is 0.312 e. The molecule has 1 unspecified atom stereocenters. The Morgan fingerprint density at radius 1 is 1.56 bits per heavy atom. The maximum atomic E-state index is 13.2. The monoisotopic (exact) mass is 227 g/mol. The molecule has 0 spiro atoms. The van der Waals surface area contributed by atoms with Gasteiger partial charge in [0.15, 0.2) is 0 Å². The molecule has 0 aliphatic heterocycles. The normalized spacial score (nSPS) is 11.9. The van der Waals surface area contributed by atoms with Crippen molar-refractivity contribution in [2.24, 2.45) is 0 Å². The van der Waals surface area contributed by atoms with Gasteiger partial charge in [-0.3, -0.25) is 14.9 Å². The Morgan fingerprint density at radius 3 is 2.62 bits per heavy atom. The molecule has 1 aromatic carbocycles. The van der Waals surface area contributed by atoms with Gasteiger partial charge in [0.2, 0.25) is 5.82 Å². The number of methoxy groups -OCH3 is 1. The summed E-state index contributed by atoms with van der Waals surface area (Å²) in [6.07, 6.45) is 0. The van der Waals surface area contributed by atoms with Gasteiger partial charge in [-0.1, -0.05) is 6.07 Å². The van der Waals surface area contributed by atoms with E-state index in [1.54, 1.807) is 0 Å². The minimum atomic E-state index is -0.960. The number of hydrogen-bond donors (Lipinski definition) is 0. The van der Waals surface area contributed by atoms with Crippen LogP contribution in [0.1, 0.15) is 18.4 Å². The summed E-state index contributed by atoms with van der Waals surface area (Å²) in [6, 6.07) is 3.34. The van der Waals surface area contributed by atoms with Crippen LogP contribution in [0.5, 0.6) is 0 Å². The standard InChI is InChI=1S/C10H10FNO4/c1-6(10(13)16-2)7-3-4-9(12(14)15)8(11)5-7/h3-6H,1-2H3. The summed E-state index contributed by atoms with van der Waals surface area (Å²) in [5.74, 6) is -2.13. The molecule has 0 amide bonds. The number of halogens is 1. The fourth-order valence-electron chi connectivity index (χ4n) is 1.25. The van der Waals surface area contributed by atoms with Crippen molar-refractivity contribution in [3.63, 3.8) is 0 Å². The molecule has 0 bridgehead atoms. The van der Waals surface area contributed by atoms with E-state index in [4.69, 9.17) is 0 Å². The number of nitro groups is 1. The van der Waals surface area contributed by atoms with Crippen LogP contribution in [0.3, 0.4) is 0 Å². The van der Waals surface area contributed by atoms with E-state index in [9.17, 15) is 19.3 Å². The van der Waals surface area contributed by atoms with Crippen molar-refractivity contribution < 1.29 is 18.8 Å². The summed E-state index contributed by atoms with van der Waals surface area (Å²) >= 11 is 0. The Balaban J connectivity index is 3.06. The molecule has 6 heteroatoms. The molecule has 0 saturated carbocycles. The van der Waals surface area contributed by atoms with Crippen molar-refractivity contribution in [3.05, 3.63) is 39.7 Å². The zero-order valence-corrected chi connectivity index (χ0v) is 8.77. The number of carbonyl (C=O) groups excluding carboxylic acids is 1. The van der Waals surface area contributed by atoms with E-state index in [1.807, 2.05) is 0 Å². The van der Waals surface area contributed by atoms with Gasteiger partial charge in [0.25, 0.3) is 0 Å². The molecule has 0 aliphatic carbocycles. The highest BCUT2D eigenvalue weighted by Crippen LogP contribution is 2.23. The van der Waals surface area contributed by atoms with Gasteiger partial charge in [-0.2, -0.15) is 4.39 Å². The van der Waals surface area contributed by atoms with Gasteiger partial charge in [0.1, 0.15) is 0 Å². The van der Waals surface area contributed by atoms with Gasteiger partial charge in [-0.25, -0.2) is 0 Å². The third kappa shape index (κ3) is 2.33. The summed E-state index contributed by atoms with van der Waals surface area (Å²) in [4.78, 5) is 20.7. The van der Waals surface area contributed by atoms with Gasteiger partial charge in [0, 0.05) is 6.07 Å². The summed E-state index contributed by atoms with van der Waals surface area (Å²) in [5, 5.41) is 10.4. The highest BCUT2D eigenvalue weighted by molar-refractivity contribution is 5.77. The SMILES string of the molecule is COC(=O)C(C)c1ccc([N+](=O)[O-])c(F)c1. The van der Waals surface area contributed by atoms with Crippen molar-refractivity contribution in [2.75, 3.05) is 7.11 Å². The second-order valence-corrected chi connectivity index (χ2v) is 3.21. The molecule has 86 valence electrons. The Kier molecular flexibility index (Phi) is 3.55.